The van der Waals surface area contributed by atoms with Gasteiger partial charge < -0.3 is 14.8 Å². The molecule has 0 saturated carbocycles. The quantitative estimate of drug-likeness (QED) is 0.561. The highest BCUT2D eigenvalue weighted by molar-refractivity contribution is 5.82. The minimum absolute atomic E-state index is 0.0820. The van der Waals surface area contributed by atoms with Crippen LogP contribution in [0.15, 0.2) is 0 Å². The molecule has 62 valence electrons. The summed E-state index contributed by atoms with van der Waals surface area (Å²) in [5.41, 5.74) is 0. The molecule has 1 aliphatic rings. The van der Waals surface area contributed by atoms with Crippen LogP contribution in [0.5, 0.6) is 0 Å². The van der Waals surface area contributed by atoms with E-state index in [4.69, 9.17) is 4.74 Å². The van der Waals surface area contributed by atoms with Crippen LogP contribution in [-0.2, 0) is 14.3 Å². The number of aldehydes is 1. The Kier molecular flexibility index (Phi) is 3.04. The van der Waals surface area contributed by atoms with Crippen molar-refractivity contribution in [2.75, 3.05) is 13.2 Å². The molecule has 4 heteroatoms. The molecule has 0 aromatic carbocycles. The van der Waals surface area contributed by atoms with Crippen LogP contribution >= 0.6 is 0 Å². The average Bonchev–Trinajstić information content (AvgIpc) is 2.52. The molecule has 1 rings (SSSR count). The maximum absolute atomic E-state index is 11.0. The Balaban J connectivity index is 2.22. The molecule has 0 radical (unpaired) electrons. The number of nitrogens with one attached hydrogen (secondary N) is 1. The van der Waals surface area contributed by atoms with Crippen LogP contribution < -0.4 is 5.32 Å². The summed E-state index contributed by atoms with van der Waals surface area (Å²) in [7, 11) is 0. The van der Waals surface area contributed by atoms with E-state index in [0.717, 1.165) is 12.8 Å². The summed E-state index contributed by atoms with van der Waals surface area (Å²) in [5, 5.41) is 2.44. The fourth-order valence-corrected chi connectivity index (χ4v) is 1.04. The molecule has 4 nitrogen and oxygen atoms in total. The number of amides is 1. The monoisotopic (exact) mass is 157 g/mol. The van der Waals surface area contributed by atoms with E-state index >= 15 is 0 Å². The standard InChI is InChI=1S/C7H11NO3/c9-4-3-8-7(10)6-2-1-5-11-6/h4,6H,1-3,5H2,(H,8,10). The second kappa shape index (κ2) is 4.08. The Morgan fingerprint density at radius 1 is 1.73 bits per heavy atom. The van der Waals surface area contributed by atoms with Gasteiger partial charge in [0.25, 0.3) is 0 Å². The molecule has 0 aromatic heterocycles. The Morgan fingerprint density at radius 2 is 2.55 bits per heavy atom. The first-order chi connectivity index (χ1) is 5.34. The number of carbonyl (C=O) groups is 2. The van der Waals surface area contributed by atoms with E-state index in [9.17, 15) is 9.59 Å². The molecule has 1 atom stereocenters. The average molecular weight is 157 g/mol. The smallest absolute Gasteiger partial charge is 0.249 e. The normalized spacial score (nSPS) is 23.1. The third-order valence-corrected chi connectivity index (χ3v) is 1.58. The molecule has 1 N–H and O–H groups in total. The molecular weight excluding hydrogens is 146 g/mol. The third-order valence-electron chi connectivity index (χ3n) is 1.58. The van der Waals surface area contributed by atoms with Gasteiger partial charge in [0.05, 0.1) is 6.54 Å². The zero-order valence-corrected chi connectivity index (χ0v) is 6.21. The van der Waals surface area contributed by atoms with Crippen LogP contribution in [0.3, 0.4) is 0 Å². The summed E-state index contributed by atoms with van der Waals surface area (Å²) < 4.78 is 5.08. The number of hydrogen-bond acceptors (Lipinski definition) is 3. The van der Waals surface area contributed by atoms with Crippen LogP contribution in [-0.4, -0.2) is 31.4 Å². The lowest BCUT2D eigenvalue weighted by atomic mass is 10.2. The van der Waals surface area contributed by atoms with Gasteiger partial charge in [0, 0.05) is 6.61 Å². The Labute approximate surface area is 64.9 Å². The van der Waals surface area contributed by atoms with Gasteiger partial charge in [-0.15, -0.1) is 0 Å². The molecule has 0 aliphatic carbocycles. The van der Waals surface area contributed by atoms with Gasteiger partial charge in [-0.25, -0.2) is 0 Å². The SMILES string of the molecule is O=CCNC(=O)C1CCCO1. The van der Waals surface area contributed by atoms with Gasteiger partial charge in [0.15, 0.2) is 0 Å². The van der Waals surface area contributed by atoms with Crippen molar-refractivity contribution in [3.05, 3.63) is 0 Å². The highest BCUT2D eigenvalue weighted by Crippen LogP contribution is 2.11. The number of ether oxygens (including phenoxy) is 1. The topological polar surface area (TPSA) is 55.4 Å². The first-order valence-electron chi connectivity index (χ1n) is 3.67. The van der Waals surface area contributed by atoms with E-state index in [1.165, 1.54) is 0 Å². The molecule has 1 saturated heterocycles. The van der Waals surface area contributed by atoms with Crippen molar-refractivity contribution in [3.8, 4) is 0 Å². The van der Waals surface area contributed by atoms with E-state index < -0.39 is 0 Å². The molecule has 0 spiro atoms. The molecule has 11 heavy (non-hydrogen) atoms. The van der Waals surface area contributed by atoms with E-state index in [1.807, 2.05) is 0 Å². The predicted octanol–water partition coefficient (Wildman–Crippen LogP) is -0.520. The fourth-order valence-electron chi connectivity index (χ4n) is 1.04. The first kappa shape index (κ1) is 8.20. The van der Waals surface area contributed by atoms with Gasteiger partial charge in [-0.1, -0.05) is 0 Å². The van der Waals surface area contributed by atoms with E-state index in [-0.39, 0.29) is 18.6 Å². The van der Waals surface area contributed by atoms with Gasteiger partial charge in [0.1, 0.15) is 12.4 Å². The summed E-state index contributed by atoms with van der Waals surface area (Å²) in [6, 6.07) is 0. The van der Waals surface area contributed by atoms with Crippen molar-refractivity contribution in [2.45, 2.75) is 18.9 Å². The molecular formula is C7H11NO3. The Bertz CT molecular complexity index is 152. The molecule has 1 unspecified atom stereocenters. The van der Waals surface area contributed by atoms with Crippen molar-refractivity contribution in [1.82, 2.24) is 5.32 Å². The minimum Gasteiger partial charge on any atom is -0.368 e. The zero-order chi connectivity index (χ0) is 8.10. The maximum Gasteiger partial charge on any atom is 0.249 e. The van der Waals surface area contributed by atoms with Crippen molar-refractivity contribution in [1.29, 1.82) is 0 Å². The first-order valence-corrected chi connectivity index (χ1v) is 3.67. The van der Waals surface area contributed by atoms with E-state index in [1.54, 1.807) is 0 Å². The van der Waals surface area contributed by atoms with Crippen LogP contribution in [0.2, 0.25) is 0 Å². The van der Waals surface area contributed by atoms with Crippen LogP contribution in [0.4, 0.5) is 0 Å². The summed E-state index contributed by atoms with van der Waals surface area (Å²) in [4.78, 5) is 20.9. The van der Waals surface area contributed by atoms with Gasteiger partial charge >= 0.3 is 0 Å². The molecule has 1 aliphatic heterocycles. The fraction of sp³-hybridized carbons (Fsp3) is 0.714. The van der Waals surface area contributed by atoms with Crippen LogP contribution in [0, 0.1) is 0 Å². The van der Waals surface area contributed by atoms with Crippen molar-refractivity contribution in [2.24, 2.45) is 0 Å². The summed E-state index contributed by atoms with van der Waals surface area (Å²) in [5.74, 6) is -0.172. The minimum atomic E-state index is -0.324. The zero-order valence-electron chi connectivity index (χ0n) is 6.21. The van der Waals surface area contributed by atoms with Crippen LogP contribution in [0.25, 0.3) is 0 Å². The highest BCUT2D eigenvalue weighted by atomic mass is 16.5. The summed E-state index contributed by atoms with van der Waals surface area (Å²) in [6.07, 6.45) is 2.03. The number of carbonyl (C=O) groups excluding carboxylic acids is 2. The maximum atomic E-state index is 11.0. The predicted molar refractivity (Wildman–Crippen MR) is 38.0 cm³/mol. The lowest BCUT2D eigenvalue weighted by Gasteiger charge is -2.06. The Hall–Kier alpha value is -0.900. The van der Waals surface area contributed by atoms with Gasteiger partial charge in [-0.3, -0.25) is 4.79 Å². The third kappa shape index (κ3) is 2.31. The number of rotatable bonds is 3. The largest absolute Gasteiger partial charge is 0.368 e. The Morgan fingerprint density at radius 3 is 3.09 bits per heavy atom. The second-order valence-corrected chi connectivity index (χ2v) is 2.41. The lowest BCUT2D eigenvalue weighted by molar-refractivity contribution is -0.130. The lowest BCUT2D eigenvalue weighted by Crippen LogP contribution is -2.35. The second-order valence-electron chi connectivity index (χ2n) is 2.41. The van der Waals surface area contributed by atoms with Gasteiger partial charge in [0.2, 0.25) is 5.91 Å². The van der Waals surface area contributed by atoms with E-state index in [2.05, 4.69) is 5.32 Å². The van der Waals surface area contributed by atoms with Crippen LogP contribution in [0.1, 0.15) is 12.8 Å². The van der Waals surface area contributed by atoms with Crippen molar-refractivity contribution < 1.29 is 14.3 Å². The van der Waals surface area contributed by atoms with E-state index in [0.29, 0.717) is 12.9 Å². The molecule has 1 fully saturated rings. The highest BCUT2D eigenvalue weighted by Gasteiger charge is 2.22. The molecule has 0 aromatic rings. The summed E-state index contributed by atoms with van der Waals surface area (Å²) in [6.45, 7) is 0.734. The molecule has 1 amide bonds. The number of hydrogen-bond donors (Lipinski definition) is 1. The van der Waals surface area contributed by atoms with Gasteiger partial charge in [-0.2, -0.15) is 0 Å². The molecule has 0 bridgehead atoms. The van der Waals surface area contributed by atoms with Gasteiger partial charge in [-0.05, 0) is 12.8 Å². The molecule has 1 heterocycles. The van der Waals surface area contributed by atoms with Crippen molar-refractivity contribution in [3.63, 3.8) is 0 Å². The van der Waals surface area contributed by atoms with Crippen molar-refractivity contribution >= 4 is 12.2 Å². The summed E-state index contributed by atoms with van der Waals surface area (Å²) >= 11 is 0.